The van der Waals surface area contributed by atoms with E-state index < -0.39 is 11.8 Å². The number of hydrogen-bond donors (Lipinski definition) is 0. The number of benzene rings is 3. The fraction of sp³-hybridized carbons (Fsp3) is 0.0435. The Morgan fingerprint density at radius 1 is 0.964 bits per heavy atom. The molecule has 3 aromatic rings. The molecule has 0 aromatic heterocycles. The van der Waals surface area contributed by atoms with E-state index in [2.05, 4.69) is 4.99 Å². The second-order valence-electron chi connectivity index (χ2n) is 6.19. The molecule has 4 nitrogen and oxygen atoms in total. The summed E-state index contributed by atoms with van der Waals surface area (Å²) in [4.78, 5) is 16.2. The maximum Gasteiger partial charge on any atom is 0.363 e. The van der Waals surface area contributed by atoms with Crippen molar-refractivity contribution in [3.05, 3.63) is 107 Å². The van der Waals surface area contributed by atoms with Crippen molar-refractivity contribution < 1.29 is 18.7 Å². The molecule has 138 valence electrons. The largest absolute Gasteiger partial charge is 0.489 e. The van der Waals surface area contributed by atoms with Crippen molar-refractivity contribution in [2.24, 2.45) is 4.99 Å². The highest BCUT2D eigenvalue weighted by atomic mass is 19.1. The average molecular weight is 373 g/mol. The quantitative estimate of drug-likeness (QED) is 0.479. The molecule has 1 aliphatic heterocycles. The van der Waals surface area contributed by atoms with Crippen molar-refractivity contribution in [2.45, 2.75) is 6.61 Å². The molecule has 1 heterocycles. The van der Waals surface area contributed by atoms with Gasteiger partial charge in [-0.3, -0.25) is 0 Å². The normalized spacial score (nSPS) is 14.7. The third-order valence-electron chi connectivity index (χ3n) is 4.12. The van der Waals surface area contributed by atoms with Crippen molar-refractivity contribution in [1.82, 2.24) is 0 Å². The maximum absolute atomic E-state index is 13.3. The van der Waals surface area contributed by atoms with Crippen LogP contribution >= 0.6 is 0 Å². The number of ether oxygens (including phenoxy) is 2. The van der Waals surface area contributed by atoms with Crippen LogP contribution in [0.3, 0.4) is 0 Å². The van der Waals surface area contributed by atoms with Gasteiger partial charge in [0, 0.05) is 5.56 Å². The van der Waals surface area contributed by atoms with Crippen molar-refractivity contribution in [2.75, 3.05) is 0 Å². The van der Waals surface area contributed by atoms with Crippen LogP contribution in [0.5, 0.6) is 5.75 Å². The van der Waals surface area contributed by atoms with Crippen LogP contribution in [0.1, 0.15) is 16.7 Å². The molecule has 0 radical (unpaired) electrons. The van der Waals surface area contributed by atoms with Gasteiger partial charge in [-0.05, 0) is 47.5 Å². The van der Waals surface area contributed by atoms with E-state index in [4.69, 9.17) is 9.47 Å². The number of carbonyl (C=O) groups excluding carboxylic acids is 1. The zero-order valence-corrected chi connectivity index (χ0v) is 14.8. The SMILES string of the molecule is O=C1OC(c2cccc(F)c2)=NC1=Cc1ccc(OCc2ccccc2)cc1. The molecule has 0 amide bonds. The van der Waals surface area contributed by atoms with E-state index in [1.165, 1.54) is 18.2 Å². The van der Waals surface area contributed by atoms with Crippen LogP contribution in [0.2, 0.25) is 0 Å². The number of carbonyl (C=O) groups is 1. The van der Waals surface area contributed by atoms with Crippen LogP contribution in [-0.2, 0) is 16.1 Å². The van der Waals surface area contributed by atoms with Gasteiger partial charge in [0.25, 0.3) is 0 Å². The number of halogens is 1. The zero-order chi connectivity index (χ0) is 19.3. The van der Waals surface area contributed by atoms with E-state index in [1.807, 2.05) is 54.6 Å². The summed E-state index contributed by atoms with van der Waals surface area (Å²) in [5.41, 5.74) is 2.45. The van der Waals surface area contributed by atoms with Gasteiger partial charge >= 0.3 is 5.97 Å². The molecule has 0 saturated carbocycles. The van der Waals surface area contributed by atoms with Gasteiger partial charge in [-0.25, -0.2) is 14.2 Å². The van der Waals surface area contributed by atoms with Crippen molar-refractivity contribution in [1.29, 1.82) is 0 Å². The molecule has 3 aromatic carbocycles. The standard InChI is InChI=1S/C23H16FNO3/c24-19-8-4-7-18(14-19)22-25-21(23(26)28-22)13-16-9-11-20(12-10-16)27-15-17-5-2-1-3-6-17/h1-14H,15H2. The van der Waals surface area contributed by atoms with Crippen LogP contribution in [0, 0.1) is 5.82 Å². The lowest BCUT2D eigenvalue weighted by atomic mass is 10.2. The lowest BCUT2D eigenvalue weighted by Crippen LogP contribution is -2.05. The number of esters is 1. The van der Waals surface area contributed by atoms with E-state index in [0.717, 1.165) is 16.9 Å². The van der Waals surface area contributed by atoms with Gasteiger partial charge in [-0.2, -0.15) is 0 Å². The van der Waals surface area contributed by atoms with Gasteiger partial charge in [0.1, 0.15) is 18.2 Å². The van der Waals surface area contributed by atoms with Crippen LogP contribution in [0.4, 0.5) is 4.39 Å². The molecule has 5 heteroatoms. The minimum atomic E-state index is -0.566. The molecule has 0 aliphatic carbocycles. The molecule has 0 unspecified atom stereocenters. The maximum atomic E-state index is 13.3. The van der Waals surface area contributed by atoms with Crippen molar-refractivity contribution in [3.8, 4) is 5.75 Å². The summed E-state index contributed by atoms with van der Waals surface area (Å²) >= 11 is 0. The first-order chi connectivity index (χ1) is 13.7. The second-order valence-corrected chi connectivity index (χ2v) is 6.19. The van der Waals surface area contributed by atoms with Gasteiger partial charge < -0.3 is 9.47 Å². The molecular weight excluding hydrogens is 357 g/mol. The van der Waals surface area contributed by atoms with Crippen LogP contribution in [-0.4, -0.2) is 11.9 Å². The number of aliphatic imine (C=N–C) groups is 1. The van der Waals surface area contributed by atoms with Crippen LogP contribution in [0.15, 0.2) is 89.6 Å². The Hall–Kier alpha value is -3.73. The minimum absolute atomic E-state index is 0.0959. The molecule has 0 atom stereocenters. The van der Waals surface area contributed by atoms with E-state index in [0.29, 0.717) is 12.2 Å². The van der Waals surface area contributed by atoms with E-state index >= 15 is 0 Å². The van der Waals surface area contributed by atoms with Gasteiger partial charge in [0.05, 0.1) is 0 Å². The van der Waals surface area contributed by atoms with Gasteiger partial charge in [0.2, 0.25) is 5.90 Å². The Bertz CT molecular complexity index is 1060. The molecule has 28 heavy (non-hydrogen) atoms. The highest BCUT2D eigenvalue weighted by Crippen LogP contribution is 2.21. The number of hydrogen-bond acceptors (Lipinski definition) is 4. The number of nitrogens with zero attached hydrogens (tertiary/aromatic N) is 1. The van der Waals surface area contributed by atoms with Crippen LogP contribution < -0.4 is 4.74 Å². The smallest absolute Gasteiger partial charge is 0.363 e. The molecule has 0 N–H and O–H groups in total. The summed E-state index contributed by atoms with van der Waals surface area (Å²) in [6.45, 7) is 0.481. The summed E-state index contributed by atoms with van der Waals surface area (Å²) in [7, 11) is 0. The van der Waals surface area contributed by atoms with E-state index in [-0.39, 0.29) is 11.6 Å². The van der Waals surface area contributed by atoms with E-state index in [9.17, 15) is 9.18 Å². The topological polar surface area (TPSA) is 47.9 Å². The fourth-order valence-electron chi connectivity index (χ4n) is 2.71. The number of rotatable bonds is 5. The van der Waals surface area contributed by atoms with Gasteiger partial charge in [-0.15, -0.1) is 0 Å². The van der Waals surface area contributed by atoms with Crippen molar-refractivity contribution >= 4 is 17.9 Å². The Balaban J connectivity index is 1.47. The summed E-state index contributed by atoms with van der Waals surface area (Å²) in [5, 5.41) is 0. The molecule has 0 spiro atoms. The first kappa shape index (κ1) is 17.7. The predicted octanol–water partition coefficient (Wildman–Crippen LogP) is 4.75. The first-order valence-corrected chi connectivity index (χ1v) is 8.73. The summed E-state index contributed by atoms with van der Waals surface area (Å²) in [6, 6.07) is 23.0. The second kappa shape index (κ2) is 7.88. The van der Waals surface area contributed by atoms with E-state index in [1.54, 1.807) is 12.1 Å². The first-order valence-electron chi connectivity index (χ1n) is 8.73. The minimum Gasteiger partial charge on any atom is -0.489 e. The Morgan fingerprint density at radius 2 is 1.75 bits per heavy atom. The van der Waals surface area contributed by atoms with Crippen LogP contribution in [0.25, 0.3) is 6.08 Å². The molecule has 0 saturated heterocycles. The van der Waals surface area contributed by atoms with Crippen molar-refractivity contribution in [3.63, 3.8) is 0 Å². The van der Waals surface area contributed by atoms with Gasteiger partial charge in [0.15, 0.2) is 5.70 Å². The Labute approximate surface area is 161 Å². The fourth-order valence-corrected chi connectivity index (χ4v) is 2.71. The lowest BCUT2D eigenvalue weighted by Gasteiger charge is -2.06. The molecule has 1 aliphatic rings. The van der Waals surface area contributed by atoms with Gasteiger partial charge in [-0.1, -0.05) is 48.5 Å². The number of cyclic esters (lactones) is 1. The Morgan fingerprint density at radius 3 is 2.50 bits per heavy atom. The molecule has 0 bridgehead atoms. The lowest BCUT2D eigenvalue weighted by molar-refractivity contribution is -0.129. The summed E-state index contributed by atoms with van der Waals surface area (Å²) in [6.07, 6.45) is 1.62. The third kappa shape index (κ3) is 4.15. The average Bonchev–Trinajstić information content (AvgIpc) is 3.09. The monoisotopic (exact) mass is 373 g/mol. The Kier molecular flexibility index (Phi) is 4.97. The summed E-state index contributed by atoms with van der Waals surface area (Å²) < 4.78 is 24.2. The molecule has 4 rings (SSSR count). The summed E-state index contributed by atoms with van der Waals surface area (Å²) in [5.74, 6) is -0.161. The predicted molar refractivity (Wildman–Crippen MR) is 104 cm³/mol. The highest BCUT2D eigenvalue weighted by molar-refractivity contribution is 6.12. The molecular formula is C23H16FNO3. The third-order valence-corrected chi connectivity index (χ3v) is 4.12. The zero-order valence-electron chi connectivity index (χ0n) is 14.8. The highest BCUT2D eigenvalue weighted by Gasteiger charge is 2.24. The molecule has 0 fully saturated rings.